The van der Waals surface area contributed by atoms with Crippen LogP contribution in [-0.2, 0) is 32.0 Å². The predicted molar refractivity (Wildman–Crippen MR) is 225 cm³/mol. The molecule has 1 heterocycles. The van der Waals surface area contributed by atoms with Gasteiger partial charge in [-0.1, -0.05) is 24.3 Å². The molecule has 342 valence electrons. The number of allylic oxidation sites excluding steroid dienone is 2. The van der Waals surface area contributed by atoms with Crippen LogP contribution in [-0.4, -0.2) is 111 Å². The fourth-order valence-corrected chi connectivity index (χ4v) is 9.15. The van der Waals surface area contributed by atoms with Gasteiger partial charge in [0.1, 0.15) is 47.9 Å². The highest BCUT2D eigenvalue weighted by Gasteiger charge is 2.50. The van der Waals surface area contributed by atoms with E-state index in [2.05, 4.69) is 22.8 Å². The Morgan fingerprint density at radius 1 is 0.938 bits per heavy atom. The lowest BCUT2D eigenvalue weighted by molar-refractivity contribution is -0.249. The molecule has 8 atom stereocenters. The van der Waals surface area contributed by atoms with Crippen LogP contribution in [0.3, 0.4) is 0 Å². The number of aryl methyl sites for hydroxylation is 2. The maximum absolute atomic E-state index is 14.0. The van der Waals surface area contributed by atoms with Crippen molar-refractivity contribution in [3.05, 3.63) is 92.6 Å². The largest absolute Gasteiger partial charge is 0.507 e. The SMILES string of the molecule is COc1cccc2c1C(=O)c1c(O)c3c(c(O)c1C2=O)C[C@@](O)(C(=O)CO)C[C@@H]3O[C@H]1CC(NC(=O)OCc2cc(C)c(OC(=O)NC3CC/C=C/CCC3N)c(C)c2)[C@H](O)C(C)O1. The maximum atomic E-state index is 14.0. The summed E-state index contributed by atoms with van der Waals surface area (Å²) in [5.41, 5.74) is 3.93. The summed E-state index contributed by atoms with van der Waals surface area (Å²) in [5.74, 6) is -3.82. The van der Waals surface area contributed by atoms with E-state index >= 15 is 0 Å². The molecule has 3 aliphatic carbocycles. The molecule has 4 unspecified atom stereocenters. The number of amides is 2. The van der Waals surface area contributed by atoms with E-state index in [4.69, 9.17) is 29.4 Å². The Kier molecular flexibility index (Phi) is 13.5. The van der Waals surface area contributed by atoms with Crippen molar-refractivity contribution in [2.75, 3.05) is 13.7 Å². The number of rotatable bonds is 10. The molecule has 1 fully saturated rings. The standard InChI is InChI=1S/C46H53N3O15/c1-21-14-24(15-22(2)43(21)64-45(58)48-28-12-8-6-5-7-11-27(28)47)20-61-44(57)49-29-16-33(62-23(3)38(29)52)63-31-18-46(59,32(51)19-50)17-26-35(31)42(56)37-36(40(26)54)39(53)25-10-9-13-30(60-4)34(25)41(37)55/h5-6,9-10,13-15,23,27-29,31,33,38,50,52,54,56,59H,7-8,11-12,16-20,47H2,1-4H3,(H,48,58)(H,49,57)/b6-5+/t23?,27?,28?,29?,31-,33-,38+,46-/m0/s1. The number of carbonyl (C=O) groups excluding carboxylic acids is 5. The van der Waals surface area contributed by atoms with Crippen molar-refractivity contribution in [1.29, 1.82) is 0 Å². The van der Waals surface area contributed by atoms with E-state index in [1.54, 1.807) is 26.0 Å². The second-order valence-corrected chi connectivity index (χ2v) is 16.8. The number of methoxy groups -OCH3 is 1. The van der Waals surface area contributed by atoms with Gasteiger partial charge in [-0.2, -0.15) is 0 Å². The minimum absolute atomic E-state index is 0.0488. The topological polar surface area (TPSA) is 283 Å². The van der Waals surface area contributed by atoms with Gasteiger partial charge in [0.05, 0.1) is 42.0 Å². The number of ether oxygens (including phenoxy) is 5. The number of Topliss-reactive ketones (excluding diaryl/α,β-unsaturated/α-hetero) is 1. The Labute approximate surface area is 368 Å². The number of fused-ring (bicyclic) bond motifs is 3. The summed E-state index contributed by atoms with van der Waals surface area (Å²) in [6.07, 6.45) is -0.875. The van der Waals surface area contributed by atoms with Crippen molar-refractivity contribution in [3.63, 3.8) is 0 Å². The Bertz CT molecular complexity index is 2380. The van der Waals surface area contributed by atoms with E-state index in [9.17, 15) is 49.5 Å². The molecule has 0 radical (unpaired) electrons. The normalized spacial score (nSPS) is 26.8. The van der Waals surface area contributed by atoms with Gasteiger partial charge in [0.15, 0.2) is 17.9 Å². The summed E-state index contributed by atoms with van der Waals surface area (Å²) < 4.78 is 28.7. The van der Waals surface area contributed by atoms with Crippen LogP contribution in [0.25, 0.3) is 0 Å². The highest BCUT2D eigenvalue weighted by atomic mass is 16.7. The summed E-state index contributed by atoms with van der Waals surface area (Å²) in [5, 5.41) is 61.5. The third-order valence-corrected chi connectivity index (χ3v) is 12.4. The Hall–Kier alpha value is -5.89. The van der Waals surface area contributed by atoms with E-state index in [1.807, 2.05) is 0 Å². The van der Waals surface area contributed by atoms with Crippen molar-refractivity contribution in [3.8, 4) is 23.0 Å². The number of phenols is 2. The number of nitrogens with one attached hydrogen (secondary N) is 2. The summed E-state index contributed by atoms with van der Waals surface area (Å²) >= 11 is 0. The number of carbonyl (C=O) groups is 5. The van der Waals surface area contributed by atoms with Crippen molar-refractivity contribution >= 4 is 29.5 Å². The minimum atomic E-state index is -2.37. The average Bonchev–Trinajstić information content (AvgIpc) is 3.25. The molecule has 2 amide bonds. The van der Waals surface area contributed by atoms with Gasteiger partial charge < -0.3 is 65.6 Å². The van der Waals surface area contributed by atoms with Crippen molar-refractivity contribution in [1.82, 2.24) is 10.6 Å². The van der Waals surface area contributed by atoms with Gasteiger partial charge in [0, 0.05) is 48.0 Å². The van der Waals surface area contributed by atoms with E-state index in [1.165, 1.54) is 32.2 Å². The number of benzene rings is 3. The first-order valence-corrected chi connectivity index (χ1v) is 21.1. The van der Waals surface area contributed by atoms with Crippen LogP contribution in [0.1, 0.15) is 111 Å². The number of alkyl carbamates (subject to hydrolysis) is 1. The fraction of sp³-hybridized carbons (Fsp3) is 0.457. The van der Waals surface area contributed by atoms with Crippen LogP contribution in [0.15, 0.2) is 42.5 Å². The Morgan fingerprint density at radius 3 is 2.30 bits per heavy atom. The lowest BCUT2D eigenvalue weighted by Gasteiger charge is -2.42. The molecular formula is C46H53N3O15. The number of aliphatic hydroxyl groups is 3. The summed E-state index contributed by atoms with van der Waals surface area (Å²) in [6, 6.07) is 6.21. The molecule has 0 saturated carbocycles. The molecule has 3 aromatic rings. The summed E-state index contributed by atoms with van der Waals surface area (Å²) in [6.45, 7) is 3.72. The molecule has 18 nitrogen and oxygen atoms in total. The van der Waals surface area contributed by atoms with Gasteiger partial charge in [-0.25, -0.2) is 9.59 Å². The highest BCUT2D eigenvalue weighted by Crippen LogP contribution is 2.52. The molecule has 1 saturated heterocycles. The molecule has 0 bridgehead atoms. The van der Waals surface area contributed by atoms with Gasteiger partial charge in [0.25, 0.3) is 0 Å². The van der Waals surface area contributed by atoms with Crippen LogP contribution < -0.4 is 25.8 Å². The average molecular weight is 888 g/mol. The zero-order valence-corrected chi connectivity index (χ0v) is 35.8. The van der Waals surface area contributed by atoms with Gasteiger partial charge in [-0.05, 0) is 81.3 Å². The molecule has 7 rings (SSSR count). The second-order valence-electron chi connectivity index (χ2n) is 16.8. The molecule has 18 heteroatoms. The molecule has 9 N–H and O–H groups in total. The molecule has 4 aliphatic rings. The van der Waals surface area contributed by atoms with Crippen LogP contribution in [0.2, 0.25) is 0 Å². The Morgan fingerprint density at radius 2 is 1.61 bits per heavy atom. The van der Waals surface area contributed by atoms with E-state index < -0.39 is 108 Å². The molecule has 64 heavy (non-hydrogen) atoms. The first kappa shape index (κ1) is 46.1. The lowest BCUT2D eigenvalue weighted by Crippen LogP contribution is -2.56. The van der Waals surface area contributed by atoms with Crippen LogP contribution in [0.5, 0.6) is 23.0 Å². The molecule has 3 aromatic carbocycles. The monoisotopic (exact) mass is 887 g/mol. The van der Waals surface area contributed by atoms with Gasteiger partial charge in [0.2, 0.25) is 5.78 Å². The summed E-state index contributed by atoms with van der Waals surface area (Å²) in [7, 11) is 1.30. The minimum Gasteiger partial charge on any atom is -0.507 e. The van der Waals surface area contributed by atoms with Crippen molar-refractivity contribution < 1.29 is 73.2 Å². The third-order valence-electron chi connectivity index (χ3n) is 12.4. The van der Waals surface area contributed by atoms with E-state index in [0.29, 0.717) is 28.9 Å². The number of hydrogen-bond acceptors (Lipinski definition) is 16. The van der Waals surface area contributed by atoms with Crippen LogP contribution in [0, 0.1) is 13.8 Å². The first-order valence-electron chi connectivity index (χ1n) is 21.1. The molecule has 1 aliphatic heterocycles. The van der Waals surface area contributed by atoms with Crippen molar-refractivity contribution in [2.24, 2.45) is 5.73 Å². The predicted octanol–water partition coefficient (Wildman–Crippen LogP) is 3.50. The van der Waals surface area contributed by atoms with Crippen molar-refractivity contribution in [2.45, 2.75) is 121 Å². The van der Waals surface area contributed by atoms with Gasteiger partial charge in [-0.15, -0.1) is 0 Å². The Balaban J connectivity index is 1.06. The number of ketones is 3. The summed E-state index contributed by atoms with van der Waals surface area (Å²) in [4.78, 5) is 66.9. The van der Waals surface area contributed by atoms with Crippen LogP contribution >= 0.6 is 0 Å². The van der Waals surface area contributed by atoms with E-state index in [0.717, 1.165) is 19.3 Å². The lowest BCUT2D eigenvalue weighted by atomic mass is 9.72. The number of aromatic hydroxyl groups is 2. The second kappa shape index (κ2) is 18.7. The number of hydrogen-bond donors (Lipinski definition) is 8. The highest BCUT2D eigenvalue weighted by molar-refractivity contribution is 6.31. The zero-order valence-electron chi connectivity index (χ0n) is 35.8. The van der Waals surface area contributed by atoms with E-state index in [-0.39, 0.29) is 53.1 Å². The number of phenolic OH excluding ortho intramolecular Hbond substituents is 2. The zero-order chi connectivity index (χ0) is 46.2. The molecule has 0 aromatic heterocycles. The molecular weight excluding hydrogens is 835 g/mol. The molecule has 0 spiro atoms. The fourth-order valence-electron chi connectivity index (χ4n) is 9.15. The van der Waals surface area contributed by atoms with Crippen LogP contribution in [0.4, 0.5) is 9.59 Å². The first-order chi connectivity index (χ1) is 30.5. The quantitative estimate of drug-likeness (QED) is 0.0836. The van der Waals surface area contributed by atoms with Gasteiger partial charge >= 0.3 is 12.2 Å². The smallest absolute Gasteiger partial charge is 0.412 e. The number of nitrogens with two attached hydrogens (primary N) is 1. The van der Waals surface area contributed by atoms with Gasteiger partial charge in [-0.3, -0.25) is 14.4 Å². The maximum Gasteiger partial charge on any atom is 0.412 e. The number of aliphatic hydroxyl groups excluding tert-OH is 2. The third kappa shape index (κ3) is 8.93.